The normalized spacial score (nSPS) is 10.8. The first-order valence-corrected chi connectivity index (χ1v) is 8.03. The summed E-state index contributed by atoms with van der Waals surface area (Å²) in [5, 5.41) is 7.61. The van der Waals surface area contributed by atoms with Crippen molar-refractivity contribution in [3.8, 4) is 0 Å². The first kappa shape index (κ1) is 20.4. The molecule has 0 heterocycles. The van der Waals surface area contributed by atoms with Gasteiger partial charge in [-0.1, -0.05) is 17.7 Å². The number of carbonyl (C=O) groups is 2. The molecule has 0 aromatic heterocycles. The van der Waals surface area contributed by atoms with Gasteiger partial charge in [0.2, 0.25) is 0 Å². The number of hydrogen-bond acceptors (Lipinski definition) is 3. The van der Waals surface area contributed by atoms with E-state index >= 15 is 0 Å². The lowest BCUT2D eigenvalue weighted by Crippen LogP contribution is -2.32. The third-order valence-corrected chi connectivity index (χ3v) is 3.41. The van der Waals surface area contributed by atoms with E-state index in [1.165, 1.54) is 12.1 Å². The Bertz CT molecular complexity index is 798. The molecule has 3 amide bonds. The molecule has 0 aliphatic heterocycles. The molecule has 2 aromatic carbocycles. The summed E-state index contributed by atoms with van der Waals surface area (Å²) in [6, 6.07) is 9.86. The molecule has 2 rings (SSSR count). The Morgan fingerprint density at radius 2 is 1.70 bits per heavy atom. The summed E-state index contributed by atoms with van der Waals surface area (Å²) in [4.78, 5) is 23.2. The minimum absolute atomic E-state index is 0.0104. The fourth-order valence-corrected chi connectivity index (χ4v) is 2.07. The van der Waals surface area contributed by atoms with Gasteiger partial charge in [0.1, 0.15) is 6.61 Å². The van der Waals surface area contributed by atoms with Gasteiger partial charge in [-0.15, -0.1) is 0 Å². The number of rotatable bonds is 5. The lowest BCUT2D eigenvalue weighted by Gasteiger charge is -2.11. The molecule has 0 atom stereocenters. The summed E-state index contributed by atoms with van der Waals surface area (Å²) >= 11 is 5.72. The van der Waals surface area contributed by atoms with Crippen molar-refractivity contribution in [3.05, 3.63) is 59.1 Å². The van der Waals surface area contributed by atoms with E-state index in [9.17, 15) is 22.8 Å². The maximum Gasteiger partial charge on any atom is 0.416 e. The highest BCUT2D eigenvalue weighted by molar-refractivity contribution is 6.30. The highest BCUT2D eigenvalue weighted by atomic mass is 35.5. The van der Waals surface area contributed by atoms with E-state index < -0.39 is 23.9 Å². The van der Waals surface area contributed by atoms with E-state index in [1.807, 2.05) is 0 Å². The summed E-state index contributed by atoms with van der Waals surface area (Å²) in [5.41, 5.74) is -0.397. The van der Waals surface area contributed by atoms with Gasteiger partial charge >= 0.3 is 18.3 Å². The molecule has 2 aromatic rings. The average Bonchev–Trinajstić information content (AvgIpc) is 2.60. The van der Waals surface area contributed by atoms with E-state index in [1.54, 1.807) is 24.3 Å². The third-order valence-electron chi connectivity index (χ3n) is 3.16. The van der Waals surface area contributed by atoms with Crippen LogP contribution in [0.1, 0.15) is 5.56 Å². The van der Waals surface area contributed by atoms with Crippen LogP contribution < -0.4 is 16.0 Å². The molecule has 0 aliphatic rings. The van der Waals surface area contributed by atoms with Crippen molar-refractivity contribution in [2.45, 2.75) is 6.18 Å². The molecule has 10 heteroatoms. The van der Waals surface area contributed by atoms with Crippen LogP contribution in [0.5, 0.6) is 0 Å². The van der Waals surface area contributed by atoms with Gasteiger partial charge in [-0.3, -0.25) is 5.32 Å². The van der Waals surface area contributed by atoms with E-state index in [0.717, 1.165) is 12.1 Å². The lowest BCUT2D eigenvalue weighted by atomic mass is 10.2. The maximum absolute atomic E-state index is 12.6. The smallest absolute Gasteiger partial charge is 0.416 e. The van der Waals surface area contributed by atoms with Gasteiger partial charge in [0.25, 0.3) is 0 Å². The van der Waals surface area contributed by atoms with E-state index in [0.29, 0.717) is 10.7 Å². The molecule has 27 heavy (non-hydrogen) atoms. The number of nitrogens with one attached hydrogen (secondary N) is 3. The van der Waals surface area contributed by atoms with Gasteiger partial charge in [-0.25, -0.2) is 9.59 Å². The van der Waals surface area contributed by atoms with Crippen LogP contribution in [0.2, 0.25) is 5.02 Å². The number of carbonyl (C=O) groups excluding carboxylic acids is 2. The summed E-state index contributed by atoms with van der Waals surface area (Å²) in [6.07, 6.45) is -5.23. The van der Waals surface area contributed by atoms with Crippen molar-refractivity contribution in [2.75, 3.05) is 23.8 Å². The number of alkyl halides is 3. The Morgan fingerprint density at radius 3 is 2.37 bits per heavy atom. The Labute approximate surface area is 157 Å². The number of anilines is 2. The number of ether oxygens (including phenoxy) is 1. The summed E-state index contributed by atoms with van der Waals surface area (Å²) in [6.45, 7) is -0.158. The van der Waals surface area contributed by atoms with Gasteiger partial charge < -0.3 is 15.4 Å². The predicted octanol–water partition coefficient (Wildman–Crippen LogP) is 4.73. The lowest BCUT2D eigenvalue weighted by molar-refractivity contribution is -0.137. The molecular weight excluding hydrogens is 387 g/mol. The topological polar surface area (TPSA) is 79.5 Å². The number of hydrogen-bond donors (Lipinski definition) is 3. The Hall–Kier alpha value is -2.94. The van der Waals surface area contributed by atoms with Crippen LogP contribution in [0.3, 0.4) is 0 Å². The molecule has 0 unspecified atom stereocenters. The molecule has 0 spiro atoms. The first-order valence-electron chi connectivity index (χ1n) is 7.65. The van der Waals surface area contributed by atoms with Crippen LogP contribution in [0.15, 0.2) is 48.5 Å². The van der Waals surface area contributed by atoms with Crippen molar-refractivity contribution < 1.29 is 27.5 Å². The van der Waals surface area contributed by atoms with Crippen molar-refractivity contribution in [1.82, 2.24) is 5.32 Å². The Morgan fingerprint density at radius 1 is 1.00 bits per heavy atom. The molecule has 0 bridgehead atoms. The van der Waals surface area contributed by atoms with Crippen LogP contribution in [-0.4, -0.2) is 25.3 Å². The minimum Gasteiger partial charge on any atom is -0.447 e. The zero-order valence-electron chi connectivity index (χ0n) is 13.8. The fraction of sp³-hybridized carbons (Fsp3) is 0.176. The quantitative estimate of drug-likeness (QED) is 0.634. The van der Waals surface area contributed by atoms with Crippen LogP contribution in [0.4, 0.5) is 34.1 Å². The first-order chi connectivity index (χ1) is 12.7. The zero-order valence-corrected chi connectivity index (χ0v) is 14.5. The van der Waals surface area contributed by atoms with E-state index in [2.05, 4.69) is 16.0 Å². The molecule has 144 valence electrons. The largest absolute Gasteiger partial charge is 0.447 e. The molecule has 0 aliphatic carbocycles. The number of urea groups is 1. The monoisotopic (exact) mass is 401 g/mol. The summed E-state index contributed by atoms with van der Waals surface area (Å²) < 4.78 is 42.7. The Balaban J connectivity index is 1.70. The van der Waals surface area contributed by atoms with E-state index in [4.69, 9.17) is 16.3 Å². The highest BCUT2D eigenvalue weighted by Crippen LogP contribution is 2.30. The molecule has 0 radical (unpaired) electrons. The second kappa shape index (κ2) is 9.13. The zero-order chi connectivity index (χ0) is 19.9. The fourth-order valence-electron chi connectivity index (χ4n) is 1.94. The molecule has 0 fully saturated rings. The van der Waals surface area contributed by atoms with Crippen LogP contribution >= 0.6 is 11.6 Å². The van der Waals surface area contributed by atoms with Crippen molar-refractivity contribution in [3.63, 3.8) is 0 Å². The number of halogens is 4. The minimum atomic E-state index is -4.50. The number of benzene rings is 2. The molecule has 6 nitrogen and oxygen atoms in total. The van der Waals surface area contributed by atoms with Gasteiger partial charge in [0, 0.05) is 16.4 Å². The van der Waals surface area contributed by atoms with Crippen LogP contribution in [0.25, 0.3) is 0 Å². The second-order valence-electron chi connectivity index (χ2n) is 5.23. The van der Waals surface area contributed by atoms with Crippen molar-refractivity contribution in [1.29, 1.82) is 0 Å². The van der Waals surface area contributed by atoms with Crippen molar-refractivity contribution in [2.24, 2.45) is 0 Å². The SMILES string of the molecule is O=C(NCCOC(=O)Nc1ccc(Cl)cc1)Nc1cccc(C(F)(F)F)c1. The van der Waals surface area contributed by atoms with Gasteiger partial charge in [0.05, 0.1) is 12.1 Å². The van der Waals surface area contributed by atoms with Gasteiger partial charge in [0.15, 0.2) is 0 Å². The molecule has 0 saturated carbocycles. The molecule has 3 N–H and O–H groups in total. The second-order valence-corrected chi connectivity index (χ2v) is 5.66. The summed E-state index contributed by atoms with van der Waals surface area (Å²) in [5.74, 6) is 0. The standard InChI is InChI=1S/C17H15ClF3N3O3/c18-12-4-6-13(7-5-12)24-16(26)27-9-8-22-15(25)23-14-3-1-2-11(10-14)17(19,20)21/h1-7,10H,8-9H2,(H,24,26)(H2,22,23,25). The van der Waals surface area contributed by atoms with Crippen molar-refractivity contribution >= 4 is 35.1 Å². The van der Waals surface area contributed by atoms with Gasteiger partial charge in [-0.2, -0.15) is 13.2 Å². The molecule has 0 saturated heterocycles. The van der Waals surface area contributed by atoms with Crippen LogP contribution in [-0.2, 0) is 10.9 Å². The highest BCUT2D eigenvalue weighted by Gasteiger charge is 2.30. The molecular formula is C17H15ClF3N3O3. The van der Waals surface area contributed by atoms with Gasteiger partial charge in [-0.05, 0) is 42.5 Å². The van der Waals surface area contributed by atoms with Crippen LogP contribution in [0, 0.1) is 0 Å². The number of amides is 3. The predicted molar refractivity (Wildman–Crippen MR) is 94.9 cm³/mol. The maximum atomic E-state index is 12.6. The average molecular weight is 402 g/mol. The third kappa shape index (κ3) is 7.06. The Kier molecular flexibility index (Phi) is 6.89. The van der Waals surface area contributed by atoms with E-state index in [-0.39, 0.29) is 18.8 Å². The summed E-state index contributed by atoms with van der Waals surface area (Å²) in [7, 11) is 0.